The van der Waals surface area contributed by atoms with E-state index in [1.54, 1.807) is 0 Å². The molecule has 0 fully saturated rings. The van der Waals surface area contributed by atoms with Crippen molar-refractivity contribution in [2.45, 2.75) is 12.2 Å². The normalized spacial score (nSPS) is 15.4. The van der Waals surface area contributed by atoms with Crippen LogP contribution in [0.2, 0.25) is 0 Å². The minimum absolute atomic E-state index is 0.259. The fourth-order valence-corrected chi connectivity index (χ4v) is 2.75. The first kappa shape index (κ1) is 11.0. The predicted octanol–water partition coefficient (Wildman–Crippen LogP) is 2.23. The molecule has 2 rings (SSSR count). The van der Waals surface area contributed by atoms with Crippen LogP contribution in [-0.2, 0) is 0 Å². The van der Waals surface area contributed by atoms with E-state index in [0.29, 0.717) is 0 Å². The van der Waals surface area contributed by atoms with E-state index in [1.807, 2.05) is 30.3 Å². The van der Waals surface area contributed by atoms with E-state index < -0.39 is 12.2 Å². The topological polar surface area (TPSA) is 40.5 Å². The quantitative estimate of drug-likeness (QED) is 0.720. The second-order valence-electron chi connectivity index (χ2n) is 3.38. The SMILES string of the molecule is OC(CS)C(O)c1cc2ccccc2s1. The zero-order valence-corrected chi connectivity index (χ0v) is 9.71. The molecule has 0 bridgehead atoms. The molecule has 80 valence electrons. The zero-order valence-electron chi connectivity index (χ0n) is 8.00. The highest BCUT2D eigenvalue weighted by Gasteiger charge is 2.18. The predicted molar refractivity (Wildman–Crippen MR) is 66.6 cm³/mol. The highest BCUT2D eigenvalue weighted by Crippen LogP contribution is 2.31. The first-order valence-corrected chi connectivity index (χ1v) is 6.12. The maximum Gasteiger partial charge on any atom is 0.115 e. The van der Waals surface area contributed by atoms with Gasteiger partial charge in [-0.2, -0.15) is 12.6 Å². The maximum absolute atomic E-state index is 9.80. The Morgan fingerprint density at radius 3 is 2.67 bits per heavy atom. The maximum atomic E-state index is 9.80. The van der Waals surface area contributed by atoms with Crippen LogP contribution < -0.4 is 0 Å². The summed E-state index contributed by atoms with van der Waals surface area (Å²) in [5.74, 6) is 0.259. The highest BCUT2D eigenvalue weighted by atomic mass is 32.1. The van der Waals surface area contributed by atoms with Gasteiger partial charge in [0.2, 0.25) is 0 Å². The largest absolute Gasteiger partial charge is 0.389 e. The van der Waals surface area contributed by atoms with Gasteiger partial charge in [-0.3, -0.25) is 0 Å². The van der Waals surface area contributed by atoms with Crippen LogP contribution >= 0.6 is 24.0 Å². The zero-order chi connectivity index (χ0) is 10.8. The molecule has 2 N–H and O–H groups in total. The number of fused-ring (bicyclic) bond motifs is 1. The standard InChI is InChI=1S/C11H12O2S2/c12-8(6-14)11(13)10-5-7-3-1-2-4-9(7)15-10/h1-5,8,11-14H,6H2. The van der Waals surface area contributed by atoms with Crippen molar-refractivity contribution in [1.82, 2.24) is 0 Å². The van der Waals surface area contributed by atoms with Gasteiger partial charge in [-0.05, 0) is 17.5 Å². The van der Waals surface area contributed by atoms with Gasteiger partial charge in [0, 0.05) is 15.3 Å². The van der Waals surface area contributed by atoms with Crippen molar-refractivity contribution in [2.24, 2.45) is 0 Å². The van der Waals surface area contributed by atoms with E-state index in [4.69, 9.17) is 0 Å². The van der Waals surface area contributed by atoms with Gasteiger partial charge in [-0.1, -0.05) is 18.2 Å². The summed E-state index contributed by atoms with van der Waals surface area (Å²) in [6.45, 7) is 0. The molecule has 15 heavy (non-hydrogen) atoms. The van der Waals surface area contributed by atoms with Crippen molar-refractivity contribution in [1.29, 1.82) is 0 Å². The Balaban J connectivity index is 2.36. The molecule has 2 nitrogen and oxygen atoms in total. The summed E-state index contributed by atoms with van der Waals surface area (Å²) in [4.78, 5) is 0.790. The summed E-state index contributed by atoms with van der Waals surface area (Å²) in [5.41, 5.74) is 0. The average molecular weight is 240 g/mol. The van der Waals surface area contributed by atoms with Crippen LogP contribution in [0, 0.1) is 0 Å². The lowest BCUT2D eigenvalue weighted by Gasteiger charge is -2.13. The number of benzene rings is 1. The molecule has 0 amide bonds. The van der Waals surface area contributed by atoms with Gasteiger partial charge in [-0.25, -0.2) is 0 Å². The second-order valence-corrected chi connectivity index (χ2v) is 4.86. The molecule has 1 aromatic carbocycles. The first-order valence-electron chi connectivity index (χ1n) is 4.68. The Morgan fingerprint density at radius 2 is 2.00 bits per heavy atom. The molecule has 4 heteroatoms. The molecule has 0 aliphatic carbocycles. The van der Waals surface area contributed by atoms with Crippen LogP contribution in [-0.4, -0.2) is 22.1 Å². The number of thiophene rings is 1. The van der Waals surface area contributed by atoms with E-state index in [-0.39, 0.29) is 5.75 Å². The lowest BCUT2D eigenvalue weighted by molar-refractivity contribution is 0.0361. The van der Waals surface area contributed by atoms with Gasteiger partial charge in [-0.15, -0.1) is 11.3 Å². The summed E-state index contributed by atoms with van der Waals surface area (Å²) < 4.78 is 1.12. The molecule has 0 saturated heterocycles. The Bertz CT molecular complexity index is 420. The fourth-order valence-electron chi connectivity index (χ4n) is 1.44. The number of thiol groups is 1. The molecule has 1 heterocycles. The van der Waals surface area contributed by atoms with E-state index in [9.17, 15) is 10.2 Å². The molecule has 2 aromatic rings. The van der Waals surface area contributed by atoms with Crippen molar-refractivity contribution in [2.75, 3.05) is 5.75 Å². The molecule has 0 aliphatic heterocycles. The summed E-state index contributed by atoms with van der Waals surface area (Å²) in [6.07, 6.45) is -1.64. The van der Waals surface area contributed by atoms with Gasteiger partial charge in [0.05, 0.1) is 6.10 Å². The van der Waals surface area contributed by atoms with Crippen molar-refractivity contribution < 1.29 is 10.2 Å². The Kier molecular flexibility index (Phi) is 3.31. The van der Waals surface area contributed by atoms with Gasteiger partial charge in [0.1, 0.15) is 6.10 Å². The van der Waals surface area contributed by atoms with Crippen molar-refractivity contribution >= 4 is 34.1 Å². The Labute approximate surface area is 97.6 Å². The molecule has 0 aliphatic rings. The third-order valence-corrected chi connectivity index (χ3v) is 3.85. The van der Waals surface area contributed by atoms with Crippen LogP contribution in [0.15, 0.2) is 30.3 Å². The number of hydrogen-bond acceptors (Lipinski definition) is 4. The summed E-state index contributed by atoms with van der Waals surface area (Å²) in [5, 5.41) is 20.4. The van der Waals surface area contributed by atoms with Crippen LogP contribution in [0.4, 0.5) is 0 Å². The summed E-state index contributed by atoms with van der Waals surface area (Å²) >= 11 is 5.47. The second kappa shape index (κ2) is 4.53. The number of aliphatic hydroxyl groups is 2. The van der Waals surface area contributed by atoms with Gasteiger partial charge in [0.15, 0.2) is 0 Å². The fraction of sp³-hybridized carbons (Fsp3) is 0.273. The van der Waals surface area contributed by atoms with E-state index in [1.165, 1.54) is 11.3 Å². The van der Waals surface area contributed by atoms with E-state index in [0.717, 1.165) is 15.0 Å². The van der Waals surface area contributed by atoms with Crippen LogP contribution in [0.3, 0.4) is 0 Å². The van der Waals surface area contributed by atoms with Crippen LogP contribution in [0.5, 0.6) is 0 Å². The lowest BCUT2D eigenvalue weighted by atomic mass is 10.1. The average Bonchev–Trinajstić information content (AvgIpc) is 2.70. The molecule has 0 spiro atoms. The monoisotopic (exact) mass is 240 g/mol. The highest BCUT2D eigenvalue weighted by molar-refractivity contribution is 7.80. The number of hydrogen-bond donors (Lipinski definition) is 3. The van der Waals surface area contributed by atoms with Gasteiger partial charge >= 0.3 is 0 Å². The third-order valence-electron chi connectivity index (χ3n) is 2.29. The smallest absolute Gasteiger partial charge is 0.115 e. The van der Waals surface area contributed by atoms with Crippen molar-refractivity contribution in [3.8, 4) is 0 Å². The third kappa shape index (κ3) is 2.18. The minimum Gasteiger partial charge on any atom is -0.389 e. The van der Waals surface area contributed by atoms with Crippen LogP contribution in [0.25, 0.3) is 10.1 Å². The minimum atomic E-state index is -0.833. The molecular formula is C11H12O2S2. The van der Waals surface area contributed by atoms with Crippen LogP contribution in [0.1, 0.15) is 11.0 Å². The molecule has 2 atom stereocenters. The molecule has 2 unspecified atom stereocenters. The van der Waals surface area contributed by atoms with Gasteiger partial charge in [0.25, 0.3) is 0 Å². The Morgan fingerprint density at radius 1 is 1.27 bits per heavy atom. The van der Waals surface area contributed by atoms with Crippen molar-refractivity contribution in [3.05, 3.63) is 35.2 Å². The number of aliphatic hydroxyl groups excluding tert-OH is 2. The lowest BCUT2D eigenvalue weighted by Crippen LogP contribution is -2.18. The molecule has 0 radical (unpaired) electrons. The Hall–Kier alpha value is -0.550. The van der Waals surface area contributed by atoms with Gasteiger partial charge < -0.3 is 10.2 Å². The molecule has 1 aromatic heterocycles. The molecular weight excluding hydrogens is 228 g/mol. The summed E-state index contributed by atoms with van der Waals surface area (Å²) in [7, 11) is 0. The van der Waals surface area contributed by atoms with E-state index >= 15 is 0 Å². The van der Waals surface area contributed by atoms with Crippen molar-refractivity contribution in [3.63, 3.8) is 0 Å². The first-order chi connectivity index (χ1) is 7.22. The van der Waals surface area contributed by atoms with E-state index in [2.05, 4.69) is 12.6 Å². The summed E-state index contributed by atoms with van der Waals surface area (Å²) in [6, 6.07) is 9.83. The molecule has 0 saturated carbocycles. The number of rotatable bonds is 3.